The lowest BCUT2D eigenvalue weighted by atomic mass is 9.70. The number of benzene rings is 1. The first-order valence-corrected chi connectivity index (χ1v) is 7.21. The van der Waals surface area contributed by atoms with Crippen molar-refractivity contribution in [2.45, 2.75) is 26.2 Å². The highest BCUT2D eigenvalue weighted by Gasteiger charge is 2.43. The number of carbonyl (C=O) groups is 4. The summed E-state index contributed by atoms with van der Waals surface area (Å²) in [5, 5.41) is 21.7. The summed E-state index contributed by atoms with van der Waals surface area (Å²) in [6, 6.07) is 3.96. The van der Waals surface area contributed by atoms with Crippen LogP contribution in [0.25, 0.3) is 5.76 Å². The number of nitrogens with one attached hydrogen (secondary N) is 1. The van der Waals surface area contributed by atoms with Crippen molar-refractivity contribution in [3.05, 3.63) is 40.5 Å². The first-order chi connectivity index (χ1) is 11.1. The molecular weight excluding hydrogens is 314 g/mol. The van der Waals surface area contributed by atoms with Gasteiger partial charge < -0.3 is 15.5 Å². The molecule has 1 aliphatic carbocycles. The average Bonchev–Trinajstić information content (AvgIpc) is 2.51. The predicted molar refractivity (Wildman–Crippen MR) is 84.7 cm³/mol. The highest BCUT2D eigenvalue weighted by atomic mass is 16.4. The third-order valence-corrected chi connectivity index (χ3v) is 3.95. The second-order valence-electron chi connectivity index (χ2n) is 6.13. The number of ketones is 2. The van der Waals surface area contributed by atoms with Crippen molar-refractivity contribution in [2.75, 3.05) is 6.54 Å². The smallest absolute Gasteiger partial charge is 0.335 e. The van der Waals surface area contributed by atoms with E-state index < -0.39 is 34.4 Å². The highest BCUT2D eigenvalue weighted by molar-refractivity contribution is 6.28. The summed E-state index contributed by atoms with van der Waals surface area (Å²) in [6.45, 7) is 4.12. The zero-order valence-electron chi connectivity index (χ0n) is 13.5. The van der Waals surface area contributed by atoms with Gasteiger partial charge in [-0.3, -0.25) is 14.4 Å². The minimum absolute atomic E-state index is 0.0214. The van der Waals surface area contributed by atoms with Crippen LogP contribution in [0.1, 0.15) is 42.3 Å². The van der Waals surface area contributed by atoms with Crippen molar-refractivity contribution in [1.82, 2.24) is 5.32 Å². The molecule has 1 aromatic carbocycles. The van der Waals surface area contributed by atoms with E-state index in [-0.39, 0.29) is 23.5 Å². The van der Waals surface area contributed by atoms with Gasteiger partial charge in [0, 0.05) is 5.56 Å². The van der Waals surface area contributed by atoms with Crippen LogP contribution in [0.5, 0.6) is 0 Å². The third-order valence-electron chi connectivity index (χ3n) is 3.95. The van der Waals surface area contributed by atoms with Gasteiger partial charge in [-0.1, -0.05) is 6.07 Å². The summed E-state index contributed by atoms with van der Waals surface area (Å²) in [5.41, 5.74) is -1.11. The monoisotopic (exact) mass is 331 g/mol. The minimum Gasteiger partial charge on any atom is -0.506 e. The standard InChI is InChI=1S/C17H17NO6/c1-8(19)7-18-15(22)12-13(20)10-5-4-9(16(23)24)6-11(10)17(2,3)14(12)21/h4-6,20H,7H2,1-3H3,(H,18,22)(H,23,24). The molecule has 0 aliphatic heterocycles. The van der Waals surface area contributed by atoms with Crippen LogP contribution in [0.2, 0.25) is 0 Å². The number of hydrogen-bond acceptors (Lipinski definition) is 5. The molecule has 0 atom stereocenters. The maximum atomic E-state index is 12.7. The molecular formula is C17H17NO6. The van der Waals surface area contributed by atoms with Crippen LogP contribution in [0, 0.1) is 0 Å². The van der Waals surface area contributed by atoms with Gasteiger partial charge >= 0.3 is 5.97 Å². The van der Waals surface area contributed by atoms with Crippen molar-refractivity contribution in [3.8, 4) is 0 Å². The lowest BCUT2D eigenvalue weighted by Gasteiger charge is -2.32. The number of fused-ring (bicyclic) bond motifs is 1. The van der Waals surface area contributed by atoms with Gasteiger partial charge in [0.1, 0.15) is 17.1 Å². The Balaban J connectivity index is 2.60. The summed E-state index contributed by atoms with van der Waals surface area (Å²) in [7, 11) is 0. The third kappa shape index (κ3) is 2.80. The molecule has 1 amide bonds. The summed E-state index contributed by atoms with van der Waals surface area (Å²) in [5.74, 6) is -3.45. The molecule has 1 aromatic rings. The van der Waals surface area contributed by atoms with Gasteiger partial charge in [-0.05, 0) is 38.5 Å². The predicted octanol–water partition coefficient (Wildman–Crippen LogP) is 1.22. The number of carboxylic acid groups (broad SMARTS) is 1. The van der Waals surface area contributed by atoms with Crippen molar-refractivity contribution >= 4 is 29.2 Å². The molecule has 1 aliphatic rings. The SMILES string of the molecule is CC(=O)CNC(=O)C1=C(O)c2ccc(C(=O)O)cc2C(C)(C)C1=O. The minimum atomic E-state index is -1.20. The quantitative estimate of drug-likeness (QED) is 0.713. The van der Waals surface area contributed by atoms with Gasteiger partial charge in [-0.2, -0.15) is 0 Å². The Kier molecular flexibility index (Phi) is 4.29. The van der Waals surface area contributed by atoms with Gasteiger partial charge in [-0.15, -0.1) is 0 Å². The Morgan fingerprint density at radius 3 is 2.38 bits per heavy atom. The molecule has 0 bridgehead atoms. The van der Waals surface area contributed by atoms with E-state index in [0.717, 1.165) is 0 Å². The number of aromatic carboxylic acids is 1. The van der Waals surface area contributed by atoms with E-state index in [9.17, 15) is 24.3 Å². The first kappa shape index (κ1) is 17.4. The second kappa shape index (κ2) is 5.92. The molecule has 0 aromatic heterocycles. The molecule has 3 N–H and O–H groups in total. The summed E-state index contributed by atoms with van der Waals surface area (Å²) < 4.78 is 0. The van der Waals surface area contributed by atoms with Crippen molar-refractivity contribution in [2.24, 2.45) is 0 Å². The van der Waals surface area contributed by atoms with Crippen molar-refractivity contribution in [1.29, 1.82) is 0 Å². The van der Waals surface area contributed by atoms with Crippen molar-refractivity contribution < 1.29 is 29.4 Å². The van der Waals surface area contributed by atoms with Crippen LogP contribution >= 0.6 is 0 Å². The fourth-order valence-corrected chi connectivity index (χ4v) is 2.58. The Hall–Kier alpha value is -2.96. The topological polar surface area (TPSA) is 121 Å². The first-order valence-electron chi connectivity index (χ1n) is 7.21. The van der Waals surface area contributed by atoms with Crippen LogP contribution < -0.4 is 5.32 Å². The number of Topliss-reactive ketones (excluding diaryl/α,β-unsaturated/α-hetero) is 2. The number of hydrogen-bond donors (Lipinski definition) is 3. The van der Waals surface area contributed by atoms with Gasteiger partial charge in [0.2, 0.25) is 0 Å². The zero-order chi connectivity index (χ0) is 18.2. The molecule has 0 saturated carbocycles. The fraction of sp³-hybridized carbons (Fsp3) is 0.294. The van der Waals surface area contributed by atoms with Gasteiger partial charge in [-0.25, -0.2) is 4.79 Å². The average molecular weight is 331 g/mol. The second-order valence-corrected chi connectivity index (χ2v) is 6.13. The molecule has 7 heteroatoms. The number of carboxylic acids is 1. The molecule has 0 fully saturated rings. The number of amides is 1. The van der Waals surface area contributed by atoms with E-state index in [1.54, 1.807) is 13.8 Å². The molecule has 24 heavy (non-hydrogen) atoms. The maximum absolute atomic E-state index is 12.7. The van der Waals surface area contributed by atoms with Crippen LogP contribution in [-0.2, 0) is 19.8 Å². The van der Waals surface area contributed by atoms with Gasteiger partial charge in [0.05, 0.1) is 17.5 Å². The van der Waals surface area contributed by atoms with E-state index in [4.69, 9.17) is 5.11 Å². The Labute approximate surface area is 138 Å². The van der Waals surface area contributed by atoms with E-state index in [2.05, 4.69) is 5.32 Å². The molecule has 0 heterocycles. The Morgan fingerprint density at radius 2 is 1.83 bits per heavy atom. The van der Waals surface area contributed by atoms with E-state index in [0.29, 0.717) is 5.56 Å². The van der Waals surface area contributed by atoms with Gasteiger partial charge in [0.25, 0.3) is 5.91 Å². The van der Waals surface area contributed by atoms with Crippen molar-refractivity contribution in [3.63, 3.8) is 0 Å². The van der Waals surface area contributed by atoms with Crippen LogP contribution in [0.4, 0.5) is 0 Å². The van der Waals surface area contributed by atoms with E-state index in [1.165, 1.54) is 25.1 Å². The number of carbonyl (C=O) groups excluding carboxylic acids is 3. The lowest BCUT2D eigenvalue weighted by Crippen LogP contribution is -2.42. The molecule has 0 saturated heterocycles. The normalized spacial score (nSPS) is 15.7. The van der Waals surface area contributed by atoms with Gasteiger partial charge in [0.15, 0.2) is 5.78 Å². The molecule has 7 nitrogen and oxygen atoms in total. The van der Waals surface area contributed by atoms with E-state index >= 15 is 0 Å². The molecule has 2 rings (SSSR count). The largest absolute Gasteiger partial charge is 0.506 e. The number of aliphatic hydroxyl groups excluding tert-OH is 1. The Bertz CT molecular complexity index is 803. The summed E-state index contributed by atoms with van der Waals surface area (Å²) in [4.78, 5) is 47.0. The number of aliphatic hydroxyl groups is 1. The highest BCUT2D eigenvalue weighted by Crippen LogP contribution is 2.39. The van der Waals surface area contributed by atoms with Crippen LogP contribution in [0.15, 0.2) is 23.8 Å². The summed E-state index contributed by atoms with van der Waals surface area (Å²) >= 11 is 0. The Morgan fingerprint density at radius 1 is 1.21 bits per heavy atom. The summed E-state index contributed by atoms with van der Waals surface area (Å²) in [6.07, 6.45) is 0. The zero-order valence-corrected chi connectivity index (χ0v) is 13.5. The molecule has 0 radical (unpaired) electrons. The van der Waals surface area contributed by atoms with Crippen LogP contribution in [0.3, 0.4) is 0 Å². The van der Waals surface area contributed by atoms with Crippen LogP contribution in [-0.4, -0.2) is 40.2 Å². The fourth-order valence-electron chi connectivity index (χ4n) is 2.58. The molecule has 126 valence electrons. The van der Waals surface area contributed by atoms with E-state index in [1.807, 2.05) is 0 Å². The molecule has 0 spiro atoms. The molecule has 0 unspecified atom stereocenters. The number of rotatable bonds is 4. The lowest BCUT2D eigenvalue weighted by molar-refractivity contribution is -0.126. The maximum Gasteiger partial charge on any atom is 0.335 e.